The lowest BCUT2D eigenvalue weighted by atomic mass is 10.2. The lowest BCUT2D eigenvalue weighted by molar-refractivity contribution is 0.307. The number of benzene rings is 1. The molecule has 0 amide bonds. The normalized spacial score (nSPS) is 11.5. The van der Waals surface area contributed by atoms with Crippen LogP contribution in [0.25, 0.3) is 0 Å². The molecule has 26 heavy (non-hydrogen) atoms. The molecule has 0 saturated heterocycles. The Morgan fingerprint density at radius 2 is 1.88 bits per heavy atom. The molecule has 2 rings (SSSR count). The van der Waals surface area contributed by atoms with Crippen LogP contribution in [0, 0.1) is 20.8 Å². The van der Waals surface area contributed by atoms with E-state index in [9.17, 15) is 0 Å². The van der Waals surface area contributed by atoms with Crippen molar-refractivity contribution in [1.82, 2.24) is 15.6 Å². The number of aromatic nitrogens is 1. The third-order valence-corrected chi connectivity index (χ3v) is 5.00. The molecular weight excluding hydrogens is 344 g/mol. The van der Waals surface area contributed by atoms with E-state index in [-0.39, 0.29) is 0 Å². The summed E-state index contributed by atoms with van der Waals surface area (Å²) in [6.07, 6.45) is 2.04. The van der Waals surface area contributed by atoms with Gasteiger partial charge in [-0.1, -0.05) is 17.7 Å². The number of nitrogens with one attached hydrogen (secondary N) is 2. The molecule has 0 unspecified atom stereocenters. The summed E-state index contributed by atoms with van der Waals surface area (Å²) in [4.78, 5) is 10.4. The predicted molar refractivity (Wildman–Crippen MR) is 110 cm³/mol. The van der Waals surface area contributed by atoms with E-state index in [1.807, 2.05) is 19.1 Å². The summed E-state index contributed by atoms with van der Waals surface area (Å²) in [5.74, 6) is 1.78. The molecule has 1 heterocycles. The molecule has 0 aliphatic carbocycles. The van der Waals surface area contributed by atoms with Crippen LogP contribution in [0.2, 0.25) is 0 Å². The molecule has 1 aromatic heterocycles. The average molecular weight is 375 g/mol. The van der Waals surface area contributed by atoms with Crippen LogP contribution in [0.5, 0.6) is 5.75 Å². The molecular formula is C20H30N4OS. The standard InChI is InChI=1S/C20H30N4OS/c1-5-21-20(23-14-19-24-16(3)17(4)26-19)22-12-6-7-13-25-18-10-8-15(2)9-11-18/h8-11H,5-7,12-14H2,1-4H3,(H2,21,22,23). The molecule has 0 saturated carbocycles. The molecule has 0 aliphatic heterocycles. The number of guanidine groups is 1. The van der Waals surface area contributed by atoms with E-state index in [0.29, 0.717) is 6.54 Å². The van der Waals surface area contributed by atoms with Gasteiger partial charge in [0, 0.05) is 18.0 Å². The van der Waals surface area contributed by atoms with Crippen LogP contribution in [0.15, 0.2) is 29.3 Å². The molecule has 142 valence electrons. The Morgan fingerprint density at radius 1 is 1.12 bits per heavy atom. The Bertz CT molecular complexity index is 675. The maximum absolute atomic E-state index is 5.75. The number of unbranched alkanes of at least 4 members (excludes halogenated alkanes) is 1. The highest BCUT2D eigenvalue weighted by Gasteiger charge is 2.03. The molecule has 0 aliphatic rings. The van der Waals surface area contributed by atoms with Gasteiger partial charge in [-0.15, -0.1) is 11.3 Å². The molecule has 0 fully saturated rings. The van der Waals surface area contributed by atoms with Gasteiger partial charge in [-0.05, 0) is 52.7 Å². The molecule has 0 bridgehead atoms. The van der Waals surface area contributed by atoms with Gasteiger partial charge in [0.15, 0.2) is 5.96 Å². The Kier molecular flexibility index (Phi) is 8.41. The minimum absolute atomic E-state index is 0.616. The minimum Gasteiger partial charge on any atom is -0.494 e. The van der Waals surface area contributed by atoms with Crippen LogP contribution in [-0.4, -0.2) is 30.6 Å². The minimum atomic E-state index is 0.616. The summed E-state index contributed by atoms with van der Waals surface area (Å²) in [5, 5.41) is 7.72. The van der Waals surface area contributed by atoms with E-state index in [0.717, 1.165) is 54.9 Å². The van der Waals surface area contributed by atoms with Crippen LogP contribution in [-0.2, 0) is 6.54 Å². The summed E-state index contributed by atoms with van der Waals surface area (Å²) >= 11 is 1.72. The lowest BCUT2D eigenvalue weighted by Crippen LogP contribution is -2.37. The highest BCUT2D eigenvalue weighted by Crippen LogP contribution is 2.17. The molecule has 1 aromatic carbocycles. The topological polar surface area (TPSA) is 58.5 Å². The van der Waals surface area contributed by atoms with Gasteiger partial charge in [-0.25, -0.2) is 9.98 Å². The first-order valence-corrected chi connectivity index (χ1v) is 10.0. The number of thiazole rings is 1. The van der Waals surface area contributed by atoms with Gasteiger partial charge in [-0.3, -0.25) is 0 Å². The fourth-order valence-corrected chi connectivity index (χ4v) is 3.21. The molecule has 0 radical (unpaired) electrons. The Morgan fingerprint density at radius 3 is 2.54 bits per heavy atom. The van der Waals surface area contributed by atoms with Crippen molar-refractivity contribution in [3.63, 3.8) is 0 Å². The van der Waals surface area contributed by atoms with E-state index in [2.05, 4.69) is 53.5 Å². The number of aryl methyl sites for hydroxylation is 3. The second-order valence-corrected chi connectivity index (χ2v) is 7.53. The second kappa shape index (κ2) is 10.8. The average Bonchev–Trinajstić information content (AvgIpc) is 2.95. The van der Waals surface area contributed by atoms with Crippen LogP contribution in [0.1, 0.15) is 40.9 Å². The highest BCUT2D eigenvalue weighted by atomic mass is 32.1. The van der Waals surface area contributed by atoms with Crippen molar-refractivity contribution >= 4 is 17.3 Å². The van der Waals surface area contributed by atoms with Crippen LogP contribution < -0.4 is 15.4 Å². The Hall–Kier alpha value is -2.08. The smallest absolute Gasteiger partial charge is 0.191 e. The van der Waals surface area contributed by atoms with Crippen LogP contribution >= 0.6 is 11.3 Å². The lowest BCUT2D eigenvalue weighted by Gasteiger charge is -2.11. The van der Waals surface area contributed by atoms with E-state index < -0.39 is 0 Å². The summed E-state index contributed by atoms with van der Waals surface area (Å²) in [6.45, 7) is 11.4. The largest absolute Gasteiger partial charge is 0.494 e. The third-order valence-electron chi connectivity index (χ3n) is 3.94. The quantitative estimate of drug-likeness (QED) is 0.396. The first-order valence-electron chi connectivity index (χ1n) is 9.23. The molecule has 6 heteroatoms. The number of nitrogens with zero attached hydrogens (tertiary/aromatic N) is 2. The molecule has 2 N–H and O–H groups in total. The van der Waals surface area contributed by atoms with Gasteiger partial charge >= 0.3 is 0 Å². The maximum Gasteiger partial charge on any atom is 0.191 e. The van der Waals surface area contributed by atoms with E-state index in [1.54, 1.807) is 11.3 Å². The van der Waals surface area contributed by atoms with Crippen LogP contribution in [0.3, 0.4) is 0 Å². The van der Waals surface area contributed by atoms with Gasteiger partial charge < -0.3 is 15.4 Å². The van der Waals surface area contributed by atoms with Crippen molar-refractivity contribution in [2.24, 2.45) is 4.99 Å². The zero-order valence-corrected chi connectivity index (χ0v) is 17.1. The van der Waals surface area contributed by atoms with Gasteiger partial charge in [0.1, 0.15) is 10.8 Å². The zero-order valence-electron chi connectivity index (χ0n) is 16.3. The summed E-state index contributed by atoms with van der Waals surface area (Å²) in [7, 11) is 0. The van der Waals surface area contributed by atoms with Gasteiger partial charge in [0.2, 0.25) is 0 Å². The molecule has 2 aromatic rings. The van der Waals surface area contributed by atoms with Gasteiger partial charge in [0.05, 0.1) is 18.8 Å². The molecule has 5 nitrogen and oxygen atoms in total. The number of rotatable bonds is 9. The number of ether oxygens (including phenoxy) is 1. The Balaban J connectivity index is 1.67. The fraction of sp³-hybridized carbons (Fsp3) is 0.500. The summed E-state index contributed by atoms with van der Waals surface area (Å²) in [5.41, 5.74) is 2.35. The number of hydrogen-bond donors (Lipinski definition) is 2. The SMILES string of the molecule is CCNC(=NCc1nc(C)c(C)s1)NCCCCOc1ccc(C)cc1. The van der Waals surface area contributed by atoms with Crippen molar-refractivity contribution < 1.29 is 4.74 Å². The molecule has 0 atom stereocenters. The first-order chi connectivity index (χ1) is 12.6. The third kappa shape index (κ3) is 7.04. The van der Waals surface area contributed by atoms with Crippen LogP contribution in [0.4, 0.5) is 0 Å². The highest BCUT2D eigenvalue weighted by molar-refractivity contribution is 7.11. The van der Waals surface area contributed by atoms with Gasteiger partial charge in [-0.2, -0.15) is 0 Å². The monoisotopic (exact) mass is 374 g/mol. The van der Waals surface area contributed by atoms with E-state index >= 15 is 0 Å². The van der Waals surface area contributed by atoms with E-state index in [4.69, 9.17) is 4.74 Å². The van der Waals surface area contributed by atoms with Gasteiger partial charge in [0.25, 0.3) is 0 Å². The van der Waals surface area contributed by atoms with E-state index in [1.165, 1.54) is 10.4 Å². The van der Waals surface area contributed by atoms with Crippen molar-refractivity contribution in [3.05, 3.63) is 45.4 Å². The predicted octanol–water partition coefficient (Wildman–Crippen LogP) is 3.98. The fourth-order valence-electron chi connectivity index (χ4n) is 2.35. The van der Waals surface area contributed by atoms with Crippen molar-refractivity contribution in [3.8, 4) is 5.75 Å². The summed E-state index contributed by atoms with van der Waals surface area (Å²) < 4.78 is 5.75. The first kappa shape index (κ1) is 20.2. The Labute approximate surface area is 160 Å². The van der Waals surface area contributed by atoms with Crippen molar-refractivity contribution in [1.29, 1.82) is 0 Å². The number of hydrogen-bond acceptors (Lipinski definition) is 4. The summed E-state index contributed by atoms with van der Waals surface area (Å²) in [6, 6.07) is 8.18. The van der Waals surface area contributed by atoms with Crippen molar-refractivity contribution in [2.45, 2.75) is 47.1 Å². The zero-order chi connectivity index (χ0) is 18.8. The maximum atomic E-state index is 5.75. The molecule has 0 spiro atoms. The second-order valence-electron chi connectivity index (χ2n) is 6.24. The van der Waals surface area contributed by atoms with Crippen molar-refractivity contribution in [2.75, 3.05) is 19.7 Å². The number of aliphatic imine (C=N–C) groups is 1.